The number of hydrogen-bond acceptors (Lipinski definition) is 4. The monoisotopic (exact) mass is 264 g/mol. The number of anilines is 2. The van der Waals surface area contributed by atoms with E-state index in [1.807, 2.05) is 13.8 Å². The molecule has 1 aromatic carbocycles. The summed E-state index contributed by atoms with van der Waals surface area (Å²) in [5.74, 6) is 0.597. The fourth-order valence-corrected chi connectivity index (χ4v) is 1.91. The minimum atomic E-state index is -0.223. The lowest BCUT2D eigenvalue weighted by atomic mass is 10.1. The third-order valence-electron chi connectivity index (χ3n) is 3.38. The van der Waals surface area contributed by atoms with Crippen LogP contribution in [0, 0.1) is 0 Å². The van der Waals surface area contributed by atoms with Crippen LogP contribution in [0.5, 0.6) is 5.75 Å². The zero-order valence-corrected chi connectivity index (χ0v) is 11.6. The largest absolute Gasteiger partial charge is 0.491 e. The Kier molecular flexibility index (Phi) is 3.66. The maximum atomic E-state index is 11.3. The van der Waals surface area contributed by atoms with Crippen molar-refractivity contribution in [2.75, 3.05) is 24.8 Å². The first kappa shape index (κ1) is 13.7. The number of rotatable bonds is 5. The number of nitrogens with two attached hydrogens (primary N) is 1. The number of benzene rings is 1. The highest BCUT2D eigenvalue weighted by Gasteiger charge is 2.20. The number of methoxy groups -OCH3 is 1. The van der Waals surface area contributed by atoms with Gasteiger partial charge in [-0.1, -0.05) is 0 Å². The third kappa shape index (κ3) is 3.17. The highest BCUT2D eigenvalue weighted by molar-refractivity contribution is 6.00. The van der Waals surface area contributed by atoms with Crippen LogP contribution in [0.2, 0.25) is 0 Å². The highest BCUT2D eigenvalue weighted by Crippen LogP contribution is 2.33. The number of carbonyl (C=O) groups excluding carboxylic acids is 1. The molecule has 0 radical (unpaired) electrons. The van der Waals surface area contributed by atoms with Gasteiger partial charge in [-0.15, -0.1) is 0 Å². The summed E-state index contributed by atoms with van der Waals surface area (Å²) in [6, 6.07) is 3.58. The molecule has 3 N–H and O–H groups in total. The van der Waals surface area contributed by atoms with E-state index in [2.05, 4.69) is 5.32 Å². The predicted molar refractivity (Wildman–Crippen MR) is 74.4 cm³/mol. The standard InChI is InChI=1S/C14H20N2O3/c1-14(2,18-3)4-5-19-12-8-11-9(6-10(12)15)7-13(17)16-11/h6,8H,4-5,7,15H2,1-3H3,(H,16,17). The highest BCUT2D eigenvalue weighted by atomic mass is 16.5. The Morgan fingerprint density at radius 2 is 2.16 bits per heavy atom. The molecule has 1 amide bonds. The van der Waals surface area contributed by atoms with Crippen molar-refractivity contribution in [2.45, 2.75) is 32.3 Å². The minimum absolute atomic E-state index is 0.00735. The summed E-state index contributed by atoms with van der Waals surface area (Å²) < 4.78 is 11.0. The Balaban J connectivity index is 2.02. The van der Waals surface area contributed by atoms with E-state index < -0.39 is 0 Å². The Bertz CT molecular complexity index is 498. The van der Waals surface area contributed by atoms with Crippen LogP contribution < -0.4 is 15.8 Å². The molecule has 1 heterocycles. The van der Waals surface area contributed by atoms with Gasteiger partial charge in [0.1, 0.15) is 5.75 Å². The smallest absolute Gasteiger partial charge is 0.228 e. The van der Waals surface area contributed by atoms with Crippen molar-refractivity contribution >= 4 is 17.3 Å². The van der Waals surface area contributed by atoms with Crippen molar-refractivity contribution in [1.82, 2.24) is 0 Å². The van der Waals surface area contributed by atoms with Crippen LogP contribution in [0.3, 0.4) is 0 Å². The lowest BCUT2D eigenvalue weighted by Gasteiger charge is -2.23. The number of nitrogens with one attached hydrogen (secondary N) is 1. The van der Waals surface area contributed by atoms with Gasteiger partial charge in [0.15, 0.2) is 0 Å². The van der Waals surface area contributed by atoms with E-state index in [9.17, 15) is 4.79 Å². The molecule has 0 bridgehead atoms. The summed E-state index contributed by atoms with van der Waals surface area (Å²) in [4.78, 5) is 11.3. The van der Waals surface area contributed by atoms with Gasteiger partial charge >= 0.3 is 0 Å². The molecule has 0 aliphatic carbocycles. The molecule has 5 nitrogen and oxygen atoms in total. The molecule has 1 aliphatic heterocycles. The summed E-state index contributed by atoms with van der Waals surface area (Å²) in [5, 5.41) is 2.78. The van der Waals surface area contributed by atoms with Gasteiger partial charge in [0, 0.05) is 25.3 Å². The lowest BCUT2D eigenvalue weighted by Crippen LogP contribution is -2.25. The van der Waals surface area contributed by atoms with Crippen LogP contribution in [0.15, 0.2) is 12.1 Å². The van der Waals surface area contributed by atoms with Gasteiger partial charge in [-0.3, -0.25) is 4.79 Å². The quantitative estimate of drug-likeness (QED) is 0.797. The van der Waals surface area contributed by atoms with E-state index in [1.165, 1.54) is 0 Å². The SMILES string of the molecule is COC(C)(C)CCOc1cc2c(cc1N)CC(=O)N2. The van der Waals surface area contributed by atoms with Gasteiger partial charge < -0.3 is 20.5 Å². The maximum absolute atomic E-state index is 11.3. The fraction of sp³-hybridized carbons (Fsp3) is 0.500. The van der Waals surface area contributed by atoms with Crippen molar-refractivity contribution in [3.63, 3.8) is 0 Å². The first-order valence-electron chi connectivity index (χ1n) is 6.31. The molecule has 1 aliphatic rings. The number of nitrogen functional groups attached to an aromatic ring is 1. The summed E-state index contributed by atoms with van der Waals surface area (Å²) in [6.07, 6.45) is 1.14. The molecule has 104 valence electrons. The van der Waals surface area contributed by atoms with Gasteiger partial charge in [0.05, 0.1) is 24.3 Å². The van der Waals surface area contributed by atoms with Crippen LogP contribution in [-0.4, -0.2) is 25.2 Å². The fourth-order valence-electron chi connectivity index (χ4n) is 1.91. The topological polar surface area (TPSA) is 73.6 Å². The number of ether oxygens (including phenoxy) is 2. The molecular formula is C14H20N2O3. The molecule has 0 aromatic heterocycles. The average Bonchev–Trinajstić information content (AvgIpc) is 2.68. The summed E-state index contributed by atoms with van der Waals surface area (Å²) in [5.41, 5.74) is 7.98. The molecule has 0 spiro atoms. The second-order valence-corrected chi connectivity index (χ2v) is 5.33. The van der Waals surface area contributed by atoms with E-state index in [1.54, 1.807) is 19.2 Å². The van der Waals surface area contributed by atoms with E-state index in [0.717, 1.165) is 17.7 Å². The van der Waals surface area contributed by atoms with Crippen molar-refractivity contribution in [3.05, 3.63) is 17.7 Å². The van der Waals surface area contributed by atoms with E-state index >= 15 is 0 Å². The Hall–Kier alpha value is -1.75. The molecule has 5 heteroatoms. The molecule has 2 rings (SSSR count). The maximum Gasteiger partial charge on any atom is 0.228 e. The van der Waals surface area contributed by atoms with Crippen molar-refractivity contribution in [3.8, 4) is 5.75 Å². The molecule has 0 atom stereocenters. The molecule has 0 unspecified atom stereocenters. The second-order valence-electron chi connectivity index (χ2n) is 5.33. The number of hydrogen-bond donors (Lipinski definition) is 2. The lowest BCUT2D eigenvalue weighted by molar-refractivity contribution is -0.115. The van der Waals surface area contributed by atoms with Gasteiger partial charge in [0.2, 0.25) is 5.91 Å². The van der Waals surface area contributed by atoms with Crippen molar-refractivity contribution in [2.24, 2.45) is 0 Å². The summed E-state index contributed by atoms with van der Waals surface area (Å²) in [7, 11) is 1.68. The van der Waals surface area contributed by atoms with E-state index in [0.29, 0.717) is 24.5 Å². The van der Waals surface area contributed by atoms with E-state index in [4.69, 9.17) is 15.2 Å². The number of amides is 1. The van der Waals surface area contributed by atoms with Gasteiger partial charge in [0.25, 0.3) is 0 Å². The number of fused-ring (bicyclic) bond motifs is 1. The zero-order valence-electron chi connectivity index (χ0n) is 11.6. The van der Waals surface area contributed by atoms with Crippen LogP contribution in [0.1, 0.15) is 25.8 Å². The zero-order chi connectivity index (χ0) is 14.0. The molecule has 0 fully saturated rings. The number of carbonyl (C=O) groups is 1. The molecule has 19 heavy (non-hydrogen) atoms. The summed E-state index contributed by atoms with van der Waals surface area (Å²) in [6.45, 7) is 4.52. The summed E-state index contributed by atoms with van der Waals surface area (Å²) >= 11 is 0. The Morgan fingerprint density at radius 1 is 1.42 bits per heavy atom. The predicted octanol–water partition coefficient (Wildman–Crippen LogP) is 1.96. The molecule has 0 saturated heterocycles. The normalized spacial score (nSPS) is 14.2. The van der Waals surface area contributed by atoms with Crippen LogP contribution in [0.25, 0.3) is 0 Å². The molecule has 1 aromatic rings. The Morgan fingerprint density at radius 3 is 2.84 bits per heavy atom. The average molecular weight is 264 g/mol. The first-order chi connectivity index (χ1) is 8.91. The second kappa shape index (κ2) is 5.09. The van der Waals surface area contributed by atoms with Crippen molar-refractivity contribution in [1.29, 1.82) is 0 Å². The van der Waals surface area contributed by atoms with E-state index in [-0.39, 0.29) is 11.5 Å². The molecule has 0 saturated carbocycles. The Labute approximate surface area is 113 Å². The van der Waals surface area contributed by atoms with Gasteiger partial charge in [-0.05, 0) is 25.5 Å². The van der Waals surface area contributed by atoms with Crippen LogP contribution in [-0.2, 0) is 16.0 Å². The molecular weight excluding hydrogens is 244 g/mol. The minimum Gasteiger partial charge on any atom is -0.491 e. The third-order valence-corrected chi connectivity index (χ3v) is 3.38. The van der Waals surface area contributed by atoms with Gasteiger partial charge in [-0.25, -0.2) is 0 Å². The van der Waals surface area contributed by atoms with Crippen molar-refractivity contribution < 1.29 is 14.3 Å². The first-order valence-corrected chi connectivity index (χ1v) is 6.31. The van der Waals surface area contributed by atoms with Gasteiger partial charge in [-0.2, -0.15) is 0 Å². The van der Waals surface area contributed by atoms with Crippen LogP contribution in [0.4, 0.5) is 11.4 Å². The van der Waals surface area contributed by atoms with Crippen LogP contribution >= 0.6 is 0 Å².